The lowest BCUT2D eigenvalue weighted by atomic mass is 10.4. The average Bonchev–Trinajstić information content (AvgIpc) is 2.69. The van der Waals surface area contributed by atoms with Crippen molar-refractivity contribution in [3.8, 4) is 0 Å². The summed E-state index contributed by atoms with van der Waals surface area (Å²) >= 11 is 3.18. The fourth-order valence-corrected chi connectivity index (χ4v) is 2.28. The van der Waals surface area contributed by atoms with Crippen molar-refractivity contribution in [3.05, 3.63) is 41.4 Å². The van der Waals surface area contributed by atoms with Crippen LogP contribution in [-0.2, 0) is 5.75 Å². The van der Waals surface area contributed by atoms with Crippen LogP contribution in [-0.4, -0.2) is 9.59 Å². The molecule has 0 unspecified atom stereocenters. The van der Waals surface area contributed by atoms with Gasteiger partial charge in [-0.2, -0.15) is 0 Å². The molecule has 0 bridgehead atoms. The predicted molar refractivity (Wildman–Crippen MR) is 55.9 cm³/mol. The fraction of sp³-hybridized carbons (Fsp3) is 0.111. The van der Waals surface area contributed by atoms with E-state index in [-0.39, 0.29) is 0 Å². The van der Waals surface area contributed by atoms with Crippen LogP contribution in [0.1, 0.15) is 5.69 Å². The van der Waals surface area contributed by atoms with Gasteiger partial charge in [-0.3, -0.25) is 0 Å². The largest absolute Gasteiger partial charge is 0.142 e. The summed E-state index contributed by atoms with van der Waals surface area (Å²) in [4.78, 5) is 1.27. The first-order valence-corrected chi connectivity index (χ1v) is 5.71. The number of benzene rings is 1. The summed E-state index contributed by atoms with van der Waals surface area (Å²) in [5.74, 6) is 0.903. The van der Waals surface area contributed by atoms with Crippen LogP contribution >= 0.6 is 23.3 Å². The Morgan fingerprint density at radius 2 is 2.08 bits per heavy atom. The summed E-state index contributed by atoms with van der Waals surface area (Å²) in [7, 11) is 0. The van der Waals surface area contributed by atoms with Crippen LogP contribution in [0.15, 0.2) is 40.6 Å². The van der Waals surface area contributed by atoms with Gasteiger partial charge in [0.05, 0.1) is 5.69 Å². The van der Waals surface area contributed by atoms with E-state index in [4.69, 9.17) is 0 Å². The van der Waals surface area contributed by atoms with Crippen LogP contribution in [0.4, 0.5) is 0 Å². The van der Waals surface area contributed by atoms with E-state index in [1.54, 1.807) is 11.8 Å². The standard InChI is InChI=1S/C9H8N2S2/c1-2-4-9(5-3-1)12-6-8-7-13-11-10-8/h1-5,7H,6H2. The van der Waals surface area contributed by atoms with Gasteiger partial charge in [0.15, 0.2) is 0 Å². The maximum Gasteiger partial charge on any atom is 0.0857 e. The van der Waals surface area contributed by atoms with Gasteiger partial charge in [0.1, 0.15) is 0 Å². The molecule has 2 rings (SSSR count). The Morgan fingerprint density at radius 1 is 1.23 bits per heavy atom. The molecule has 0 saturated heterocycles. The Hall–Kier alpha value is -0.870. The summed E-state index contributed by atoms with van der Waals surface area (Å²) in [5.41, 5.74) is 1.05. The molecule has 0 spiro atoms. The molecule has 0 aliphatic rings. The first-order chi connectivity index (χ1) is 6.45. The number of hydrogen-bond acceptors (Lipinski definition) is 4. The number of hydrogen-bond donors (Lipinski definition) is 0. The van der Waals surface area contributed by atoms with Gasteiger partial charge in [-0.1, -0.05) is 22.7 Å². The van der Waals surface area contributed by atoms with Gasteiger partial charge in [-0.15, -0.1) is 16.9 Å². The minimum atomic E-state index is 0.903. The molecule has 66 valence electrons. The summed E-state index contributed by atoms with van der Waals surface area (Å²) in [6, 6.07) is 10.3. The molecule has 0 N–H and O–H groups in total. The van der Waals surface area contributed by atoms with E-state index in [1.165, 1.54) is 16.4 Å². The van der Waals surface area contributed by atoms with Crippen LogP contribution in [0.5, 0.6) is 0 Å². The second kappa shape index (κ2) is 4.39. The quantitative estimate of drug-likeness (QED) is 0.725. The molecule has 1 heterocycles. The second-order valence-corrected chi connectivity index (χ2v) is 4.16. The molecule has 0 amide bonds. The molecule has 2 aromatic rings. The van der Waals surface area contributed by atoms with Gasteiger partial charge < -0.3 is 0 Å². The summed E-state index contributed by atoms with van der Waals surface area (Å²) in [6.07, 6.45) is 0. The van der Waals surface area contributed by atoms with Gasteiger partial charge in [0.25, 0.3) is 0 Å². The van der Waals surface area contributed by atoms with Crippen molar-refractivity contribution in [2.75, 3.05) is 0 Å². The topological polar surface area (TPSA) is 25.8 Å². The Bertz CT molecular complexity index is 345. The van der Waals surface area contributed by atoms with Crippen LogP contribution in [0.25, 0.3) is 0 Å². The highest BCUT2D eigenvalue weighted by atomic mass is 32.2. The number of rotatable bonds is 3. The Kier molecular flexibility index (Phi) is 2.94. The highest BCUT2D eigenvalue weighted by Crippen LogP contribution is 2.21. The fourth-order valence-electron chi connectivity index (χ4n) is 0.921. The maximum atomic E-state index is 3.98. The molecule has 0 saturated carbocycles. The van der Waals surface area contributed by atoms with Crippen molar-refractivity contribution in [2.24, 2.45) is 0 Å². The molecule has 1 aromatic carbocycles. The zero-order chi connectivity index (χ0) is 8.93. The van der Waals surface area contributed by atoms with E-state index in [1.807, 2.05) is 23.6 Å². The van der Waals surface area contributed by atoms with Gasteiger partial charge >= 0.3 is 0 Å². The molecule has 0 aliphatic heterocycles. The number of thioether (sulfide) groups is 1. The lowest BCUT2D eigenvalue weighted by molar-refractivity contribution is 1.07. The van der Waals surface area contributed by atoms with Gasteiger partial charge in [0, 0.05) is 16.0 Å². The third-order valence-corrected chi connectivity index (χ3v) is 3.13. The molecule has 13 heavy (non-hydrogen) atoms. The van der Waals surface area contributed by atoms with Crippen molar-refractivity contribution in [2.45, 2.75) is 10.6 Å². The van der Waals surface area contributed by atoms with Crippen molar-refractivity contribution in [1.82, 2.24) is 9.59 Å². The van der Waals surface area contributed by atoms with E-state index >= 15 is 0 Å². The lowest BCUT2D eigenvalue weighted by Crippen LogP contribution is -1.79. The number of nitrogens with zero attached hydrogens (tertiary/aromatic N) is 2. The van der Waals surface area contributed by atoms with E-state index < -0.39 is 0 Å². The summed E-state index contributed by atoms with van der Waals surface area (Å²) in [5, 5.41) is 5.96. The first-order valence-electron chi connectivity index (χ1n) is 3.89. The molecular weight excluding hydrogens is 200 g/mol. The molecule has 4 heteroatoms. The van der Waals surface area contributed by atoms with E-state index in [2.05, 4.69) is 21.7 Å². The summed E-state index contributed by atoms with van der Waals surface area (Å²) < 4.78 is 3.81. The van der Waals surface area contributed by atoms with E-state index in [9.17, 15) is 0 Å². The Morgan fingerprint density at radius 3 is 2.77 bits per heavy atom. The minimum Gasteiger partial charge on any atom is -0.142 e. The SMILES string of the molecule is c1ccc(SCc2csnn2)cc1. The second-order valence-electron chi connectivity index (χ2n) is 2.50. The van der Waals surface area contributed by atoms with Crippen LogP contribution in [0.2, 0.25) is 0 Å². The van der Waals surface area contributed by atoms with E-state index in [0.717, 1.165) is 11.4 Å². The smallest absolute Gasteiger partial charge is 0.0857 e. The molecule has 0 radical (unpaired) electrons. The molecule has 0 atom stereocenters. The third-order valence-electron chi connectivity index (χ3n) is 1.54. The normalized spacial score (nSPS) is 10.2. The van der Waals surface area contributed by atoms with Gasteiger partial charge in [-0.05, 0) is 23.7 Å². The summed E-state index contributed by atoms with van der Waals surface area (Å²) in [6.45, 7) is 0. The molecule has 0 aliphatic carbocycles. The first kappa shape index (κ1) is 8.72. The van der Waals surface area contributed by atoms with Crippen LogP contribution < -0.4 is 0 Å². The molecule has 1 aromatic heterocycles. The maximum absolute atomic E-state index is 3.98. The minimum absolute atomic E-state index is 0.903. The zero-order valence-electron chi connectivity index (χ0n) is 6.88. The molecular formula is C9H8N2S2. The van der Waals surface area contributed by atoms with Crippen molar-refractivity contribution in [3.63, 3.8) is 0 Å². The van der Waals surface area contributed by atoms with Gasteiger partial charge in [-0.25, -0.2) is 0 Å². The monoisotopic (exact) mass is 208 g/mol. The number of aromatic nitrogens is 2. The predicted octanol–water partition coefficient (Wildman–Crippen LogP) is 2.83. The zero-order valence-corrected chi connectivity index (χ0v) is 8.52. The Labute approximate surface area is 85.2 Å². The molecule has 0 fully saturated rings. The highest BCUT2D eigenvalue weighted by molar-refractivity contribution is 7.98. The van der Waals surface area contributed by atoms with Crippen LogP contribution in [0.3, 0.4) is 0 Å². The van der Waals surface area contributed by atoms with Crippen molar-refractivity contribution in [1.29, 1.82) is 0 Å². The van der Waals surface area contributed by atoms with Crippen molar-refractivity contribution >= 4 is 23.3 Å². The Balaban J connectivity index is 1.94. The highest BCUT2D eigenvalue weighted by Gasteiger charge is 1.97. The third kappa shape index (κ3) is 2.54. The lowest BCUT2D eigenvalue weighted by Gasteiger charge is -1.96. The van der Waals surface area contributed by atoms with Crippen LogP contribution in [0, 0.1) is 0 Å². The average molecular weight is 208 g/mol. The van der Waals surface area contributed by atoms with Gasteiger partial charge in [0.2, 0.25) is 0 Å². The van der Waals surface area contributed by atoms with Crippen molar-refractivity contribution < 1.29 is 0 Å². The van der Waals surface area contributed by atoms with E-state index in [0.29, 0.717) is 0 Å². The molecule has 2 nitrogen and oxygen atoms in total.